The minimum atomic E-state index is -4.60. The Kier molecular flexibility index (Phi) is 3.41. The van der Waals surface area contributed by atoms with Gasteiger partial charge in [-0.05, 0) is 51.2 Å². The normalized spacial score (nSPS) is 11.6. The van der Waals surface area contributed by atoms with Crippen LogP contribution in [0.1, 0.15) is 5.82 Å². The van der Waals surface area contributed by atoms with Crippen molar-refractivity contribution >= 4 is 22.6 Å². The van der Waals surface area contributed by atoms with Crippen LogP contribution in [0.2, 0.25) is 0 Å². The second kappa shape index (κ2) is 4.71. The Labute approximate surface area is 113 Å². The zero-order chi connectivity index (χ0) is 13.3. The summed E-state index contributed by atoms with van der Waals surface area (Å²) < 4.78 is 44.2. The summed E-state index contributed by atoms with van der Waals surface area (Å²) in [5.74, 6) is -0.593. The van der Waals surface area contributed by atoms with E-state index in [0.717, 1.165) is 0 Å². The summed E-state index contributed by atoms with van der Waals surface area (Å²) >= 11 is 1.96. The molecule has 2 aromatic rings. The van der Waals surface area contributed by atoms with E-state index in [1.165, 1.54) is 19.2 Å². The van der Waals surface area contributed by atoms with E-state index in [2.05, 4.69) is 15.5 Å². The largest absolute Gasteiger partial charge is 0.496 e. The van der Waals surface area contributed by atoms with E-state index >= 15 is 0 Å². The highest BCUT2D eigenvalue weighted by atomic mass is 127. The van der Waals surface area contributed by atoms with Gasteiger partial charge in [0, 0.05) is 0 Å². The molecular formula is C9H6F3IN4O. The third-order valence-electron chi connectivity index (χ3n) is 2.10. The number of rotatable bonds is 2. The van der Waals surface area contributed by atoms with Gasteiger partial charge in [-0.2, -0.15) is 17.9 Å². The maximum atomic E-state index is 12.6. The number of nitrogens with zero attached hydrogens (tertiary/aromatic N) is 4. The molecule has 0 radical (unpaired) electrons. The maximum absolute atomic E-state index is 12.6. The molecule has 0 aliphatic heterocycles. The molecule has 1 aromatic carbocycles. The van der Waals surface area contributed by atoms with Gasteiger partial charge in [-0.25, -0.2) is 0 Å². The number of alkyl halides is 3. The van der Waals surface area contributed by atoms with Crippen LogP contribution in [0.5, 0.6) is 5.75 Å². The van der Waals surface area contributed by atoms with E-state index in [0.29, 0.717) is 14.0 Å². The van der Waals surface area contributed by atoms with Crippen LogP contribution in [-0.4, -0.2) is 27.3 Å². The summed E-state index contributed by atoms with van der Waals surface area (Å²) in [6.07, 6.45) is -4.60. The second-order valence-electron chi connectivity index (χ2n) is 3.23. The third kappa shape index (κ3) is 2.40. The van der Waals surface area contributed by atoms with Gasteiger partial charge < -0.3 is 4.74 Å². The Hall–Kier alpha value is -1.39. The van der Waals surface area contributed by atoms with Gasteiger partial charge in [0.15, 0.2) is 0 Å². The first-order chi connectivity index (χ1) is 8.43. The Morgan fingerprint density at radius 1 is 1.33 bits per heavy atom. The number of hydrogen-bond donors (Lipinski definition) is 0. The second-order valence-corrected chi connectivity index (χ2v) is 4.39. The van der Waals surface area contributed by atoms with Gasteiger partial charge in [-0.1, -0.05) is 0 Å². The van der Waals surface area contributed by atoms with Crippen LogP contribution < -0.4 is 4.74 Å². The molecule has 0 spiro atoms. The van der Waals surface area contributed by atoms with Crippen molar-refractivity contribution < 1.29 is 17.9 Å². The van der Waals surface area contributed by atoms with Gasteiger partial charge >= 0.3 is 6.18 Å². The number of halogens is 4. The Balaban J connectivity index is 2.50. The van der Waals surface area contributed by atoms with Crippen LogP contribution >= 0.6 is 22.6 Å². The van der Waals surface area contributed by atoms with Crippen LogP contribution in [0.15, 0.2) is 18.2 Å². The summed E-state index contributed by atoms with van der Waals surface area (Å²) in [7, 11) is 1.48. The molecule has 2 rings (SSSR count). The molecule has 0 saturated heterocycles. The van der Waals surface area contributed by atoms with E-state index in [-0.39, 0.29) is 5.69 Å². The van der Waals surface area contributed by atoms with Crippen LogP contribution in [0.25, 0.3) is 5.69 Å². The maximum Gasteiger partial charge on any atom is 0.453 e. The minimum absolute atomic E-state index is 0.220. The van der Waals surface area contributed by atoms with Crippen molar-refractivity contribution in [2.45, 2.75) is 6.18 Å². The lowest BCUT2D eigenvalue weighted by atomic mass is 10.3. The number of aromatic nitrogens is 4. The van der Waals surface area contributed by atoms with Gasteiger partial charge in [-0.3, -0.25) is 0 Å². The first-order valence-corrected chi connectivity index (χ1v) is 5.71. The van der Waals surface area contributed by atoms with Crippen molar-refractivity contribution in [1.82, 2.24) is 20.2 Å². The molecule has 0 bridgehead atoms. The molecule has 18 heavy (non-hydrogen) atoms. The molecule has 5 nitrogen and oxygen atoms in total. The summed E-state index contributed by atoms with van der Waals surface area (Å²) in [6.45, 7) is 0. The van der Waals surface area contributed by atoms with Crippen LogP contribution in [0, 0.1) is 3.57 Å². The van der Waals surface area contributed by atoms with Gasteiger partial charge in [0.25, 0.3) is 5.82 Å². The smallest absolute Gasteiger partial charge is 0.453 e. The lowest BCUT2D eigenvalue weighted by Crippen LogP contribution is -2.14. The zero-order valence-corrected chi connectivity index (χ0v) is 11.1. The molecule has 0 amide bonds. The average molecular weight is 370 g/mol. The van der Waals surface area contributed by atoms with Crippen molar-refractivity contribution in [3.8, 4) is 11.4 Å². The SMILES string of the molecule is COc1ccc(-n2nnnc2C(F)(F)F)cc1I. The number of benzene rings is 1. The molecule has 0 aliphatic carbocycles. The van der Waals surface area contributed by atoms with Crippen molar-refractivity contribution in [3.63, 3.8) is 0 Å². The van der Waals surface area contributed by atoms with E-state index in [1.54, 1.807) is 6.07 Å². The van der Waals surface area contributed by atoms with Gasteiger partial charge in [0.2, 0.25) is 0 Å². The zero-order valence-electron chi connectivity index (χ0n) is 8.94. The number of ether oxygens (including phenoxy) is 1. The van der Waals surface area contributed by atoms with E-state index in [4.69, 9.17) is 4.74 Å². The highest BCUT2D eigenvalue weighted by molar-refractivity contribution is 14.1. The molecule has 0 unspecified atom stereocenters. The van der Waals surface area contributed by atoms with Crippen LogP contribution in [0.3, 0.4) is 0 Å². The standard InChI is InChI=1S/C9H6F3IN4O/c1-18-7-3-2-5(4-6(7)13)17-8(9(10,11)12)14-15-16-17/h2-4H,1H3. The first-order valence-electron chi connectivity index (χ1n) is 4.63. The van der Waals surface area contributed by atoms with Crippen molar-refractivity contribution in [3.05, 3.63) is 27.6 Å². The lowest BCUT2D eigenvalue weighted by Gasteiger charge is -2.09. The predicted molar refractivity (Wildman–Crippen MR) is 63.4 cm³/mol. The molecule has 0 aliphatic rings. The molecule has 1 heterocycles. The van der Waals surface area contributed by atoms with Crippen molar-refractivity contribution in [2.24, 2.45) is 0 Å². The van der Waals surface area contributed by atoms with Crippen molar-refractivity contribution in [1.29, 1.82) is 0 Å². The predicted octanol–water partition coefficient (Wildman–Crippen LogP) is 2.29. The Morgan fingerprint density at radius 2 is 2.06 bits per heavy atom. The van der Waals surface area contributed by atoms with Crippen molar-refractivity contribution in [2.75, 3.05) is 7.11 Å². The topological polar surface area (TPSA) is 52.8 Å². The first kappa shape index (κ1) is 13.1. The number of methoxy groups -OCH3 is 1. The summed E-state index contributed by atoms with van der Waals surface area (Å²) in [5.41, 5.74) is 0.220. The van der Waals surface area contributed by atoms with E-state index < -0.39 is 12.0 Å². The molecule has 96 valence electrons. The average Bonchev–Trinajstić information content (AvgIpc) is 2.77. The molecule has 0 N–H and O–H groups in total. The summed E-state index contributed by atoms with van der Waals surface area (Å²) in [4.78, 5) is 0. The lowest BCUT2D eigenvalue weighted by molar-refractivity contribution is -0.146. The molecule has 0 atom stereocenters. The third-order valence-corrected chi connectivity index (χ3v) is 2.95. The highest BCUT2D eigenvalue weighted by Gasteiger charge is 2.38. The van der Waals surface area contributed by atoms with Gasteiger partial charge in [0.1, 0.15) is 5.75 Å². The molecular weight excluding hydrogens is 364 g/mol. The van der Waals surface area contributed by atoms with Crippen LogP contribution in [-0.2, 0) is 6.18 Å². The number of tetrazole rings is 1. The summed E-state index contributed by atoms with van der Waals surface area (Å²) in [6, 6.07) is 4.51. The fraction of sp³-hybridized carbons (Fsp3) is 0.222. The fourth-order valence-electron chi connectivity index (χ4n) is 1.32. The molecule has 0 fully saturated rings. The minimum Gasteiger partial charge on any atom is -0.496 e. The highest BCUT2D eigenvalue weighted by Crippen LogP contribution is 2.29. The molecule has 0 saturated carbocycles. The molecule has 1 aromatic heterocycles. The monoisotopic (exact) mass is 370 g/mol. The van der Waals surface area contributed by atoms with Crippen LogP contribution in [0.4, 0.5) is 13.2 Å². The number of hydrogen-bond acceptors (Lipinski definition) is 4. The fourth-order valence-corrected chi connectivity index (χ4v) is 2.04. The van der Waals surface area contributed by atoms with Gasteiger partial charge in [0.05, 0.1) is 16.4 Å². The quantitative estimate of drug-likeness (QED) is 0.762. The Morgan fingerprint density at radius 3 is 2.61 bits per heavy atom. The van der Waals surface area contributed by atoms with E-state index in [9.17, 15) is 13.2 Å². The molecule has 9 heteroatoms. The Bertz CT molecular complexity index is 569. The van der Waals surface area contributed by atoms with E-state index in [1.807, 2.05) is 22.6 Å². The van der Waals surface area contributed by atoms with Gasteiger partial charge in [-0.15, -0.1) is 5.10 Å². The summed E-state index contributed by atoms with van der Waals surface area (Å²) in [5, 5.41) is 9.37.